The highest BCUT2D eigenvalue weighted by molar-refractivity contribution is 4.98. The van der Waals surface area contributed by atoms with Crippen LogP contribution in [-0.4, -0.2) is 79.1 Å². The molecule has 4 nitrogen and oxygen atoms in total. The van der Waals surface area contributed by atoms with Crippen molar-refractivity contribution in [2.24, 2.45) is 11.7 Å². The van der Waals surface area contributed by atoms with Gasteiger partial charge < -0.3 is 15.5 Å². The third-order valence-corrected chi connectivity index (χ3v) is 5.37. The van der Waals surface area contributed by atoms with Gasteiger partial charge in [-0.15, -0.1) is 0 Å². The van der Waals surface area contributed by atoms with E-state index in [4.69, 9.17) is 5.73 Å². The van der Waals surface area contributed by atoms with Gasteiger partial charge in [-0.1, -0.05) is 20.8 Å². The van der Waals surface area contributed by atoms with E-state index in [0.29, 0.717) is 0 Å². The topological polar surface area (TPSA) is 35.7 Å². The molecule has 2 N–H and O–H groups in total. The van der Waals surface area contributed by atoms with Gasteiger partial charge in [0.05, 0.1) is 0 Å². The molecule has 0 radical (unpaired) electrons. The van der Waals surface area contributed by atoms with E-state index in [9.17, 15) is 0 Å². The Morgan fingerprint density at radius 1 is 0.952 bits per heavy atom. The molecule has 0 aromatic heterocycles. The van der Waals surface area contributed by atoms with E-state index in [1.807, 2.05) is 0 Å². The molecule has 2 aliphatic heterocycles. The van der Waals surface area contributed by atoms with E-state index in [2.05, 4.69) is 35.5 Å². The van der Waals surface area contributed by atoms with Crippen LogP contribution in [0.4, 0.5) is 0 Å². The zero-order valence-corrected chi connectivity index (χ0v) is 14.5. The summed E-state index contributed by atoms with van der Waals surface area (Å²) in [7, 11) is 0. The molecule has 0 aliphatic carbocycles. The van der Waals surface area contributed by atoms with Crippen LogP contribution in [0.1, 0.15) is 40.0 Å². The Balaban J connectivity index is 1.85. The van der Waals surface area contributed by atoms with Gasteiger partial charge in [0.1, 0.15) is 0 Å². The van der Waals surface area contributed by atoms with Crippen LogP contribution >= 0.6 is 0 Å². The summed E-state index contributed by atoms with van der Waals surface area (Å²) in [5, 5.41) is 0. The van der Waals surface area contributed by atoms with Crippen LogP contribution < -0.4 is 5.73 Å². The average molecular weight is 297 g/mol. The maximum absolute atomic E-state index is 6.23. The van der Waals surface area contributed by atoms with Crippen molar-refractivity contribution in [3.8, 4) is 0 Å². The summed E-state index contributed by atoms with van der Waals surface area (Å²) in [5.41, 5.74) is 6.52. The lowest BCUT2D eigenvalue weighted by Crippen LogP contribution is -2.63. The summed E-state index contributed by atoms with van der Waals surface area (Å²) in [6, 6.07) is 0. The number of hydrogen-bond donors (Lipinski definition) is 1. The highest BCUT2D eigenvalue weighted by atomic mass is 15.3. The number of piperidine rings is 1. The van der Waals surface area contributed by atoms with Crippen LogP contribution in [0, 0.1) is 5.92 Å². The highest BCUT2D eigenvalue weighted by Gasteiger charge is 2.39. The lowest BCUT2D eigenvalue weighted by atomic mass is 9.85. The van der Waals surface area contributed by atoms with Crippen molar-refractivity contribution in [2.45, 2.75) is 45.6 Å². The molecule has 2 rings (SSSR count). The molecule has 2 heterocycles. The van der Waals surface area contributed by atoms with E-state index in [1.54, 1.807) is 0 Å². The van der Waals surface area contributed by atoms with Crippen LogP contribution in [-0.2, 0) is 0 Å². The summed E-state index contributed by atoms with van der Waals surface area (Å²) < 4.78 is 0. The molecule has 2 saturated heterocycles. The molecule has 21 heavy (non-hydrogen) atoms. The third kappa shape index (κ3) is 4.41. The fourth-order valence-electron chi connectivity index (χ4n) is 4.08. The Morgan fingerprint density at radius 3 is 2.05 bits per heavy atom. The first-order valence-corrected chi connectivity index (χ1v) is 8.99. The lowest BCUT2D eigenvalue weighted by molar-refractivity contribution is -0.00745. The van der Waals surface area contributed by atoms with Gasteiger partial charge in [0.15, 0.2) is 0 Å². The molecule has 0 aromatic carbocycles. The summed E-state index contributed by atoms with van der Waals surface area (Å²) in [6.07, 6.45) is 3.78. The van der Waals surface area contributed by atoms with E-state index in [-0.39, 0.29) is 5.54 Å². The second-order valence-corrected chi connectivity index (χ2v) is 7.45. The number of nitrogens with two attached hydrogens (primary N) is 1. The van der Waals surface area contributed by atoms with Gasteiger partial charge in [0, 0.05) is 44.8 Å². The molecular weight excluding hydrogens is 260 g/mol. The minimum absolute atomic E-state index is 0.286. The van der Waals surface area contributed by atoms with E-state index < -0.39 is 0 Å². The predicted octanol–water partition coefficient (Wildman–Crippen LogP) is 1.46. The minimum Gasteiger partial charge on any atom is -0.329 e. The van der Waals surface area contributed by atoms with Gasteiger partial charge in [-0.05, 0) is 44.8 Å². The quantitative estimate of drug-likeness (QED) is 0.805. The molecule has 0 atom stereocenters. The molecule has 124 valence electrons. The Morgan fingerprint density at radius 2 is 1.57 bits per heavy atom. The fourth-order valence-corrected chi connectivity index (χ4v) is 4.08. The van der Waals surface area contributed by atoms with Gasteiger partial charge in [0.2, 0.25) is 0 Å². The molecule has 2 fully saturated rings. The van der Waals surface area contributed by atoms with Crippen LogP contribution in [0.5, 0.6) is 0 Å². The van der Waals surface area contributed by atoms with Crippen molar-refractivity contribution in [3.05, 3.63) is 0 Å². The zero-order chi connectivity index (χ0) is 15.3. The fraction of sp³-hybridized carbons (Fsp3) is 1.00. The summed E-state index contributed by atoms with van der Waals surface area (Å²) in [5.74, 6) is 0.775. The molecule has 0 bridgehead atoms. The summed E-state index contributed by atoms with van der Waals surface area (Å²) in [4.78, 5) is 7.95. The van der Waals surface area contributed by atoms with Gasteiger partial charge in [-0.25, -0.2) is 0 Å². The van der Waals surface area contributed by atoms with Crippen LogP contribution in [0.15, 0.2) is 0 Å². The number of likely N-dealkylation sites (tertiary alicyclic amines) is 1. The van der Waals surface area contributed by atoms with Crippen molar-refractivity contribution in [1.82, 2.24) is 14.7 Å². The first kappa shape index (κ1) is 17.2. The first-order valence-electron chi connectivity index (χ1n) is 8.99. The van der Waals surface area contributed by atoms with Crippen LogP contribution in [0.3, 0.4) is 0 Å². The van der Waals surface area contributed by atoms with E-state index >= 15 is 0 Å². The molecule has 0 spiro atoms. The lowest BCUT2D eigenvalue weighted by Gasteiger charge is -2.51. The molecule has 2 aliphatic rings. The van der Waals surface area contributed by atoms with Gasteiger partial charge in [-0.2, -0.15) is 0 Å². The van der Waals surface area contributed by atoms with E-state index in [0.717, 1.165) is 12.5 Å². The molecule has 0 saturated carbocycles. The van der Waals surface area contributed by atoms with Crippen molar-refractivity contribution in [1.29, 1.82) is 0 Å². The number of nitrogens with zero attached hydrogens (tertiary/aromatic N) is 3. The second-order valence-electron chi connectivity index (χ2n) is 7.45. The highest BCUT2D eigenvalue weighted by Crippen LogP contribution is 2.29. The van der Waals surface area contributed by atoms with Crippen LogP contribution in [0.25, 0.3) is 0 Å². The summed E-state index contributed by atoms with van der Waals surface area (Å²) >= 11 is 0. The Kier molecular flexibility index (Phi) is 6.48. The largest absolute Gasteiger partial charge is 0.329 e. The predicted molar refractivity (Wildman–Crippen MR) is 90.6 cm³/mol. The normalized spacial score (nSPS) is 25.6. The summed E-state index contributed by atoms with van der Waals surface area (Å²) in [6.45, 7) is 17.6. The molecule has 4 heteroatoms. The van der Waals surface area contributed by atoms with Crippen molar-refractivity contribution < 1.29 is 0 Å². The Labute approximate surface area is 131 Å². The first-order chi connectivity index (χ1) is 10.1. The standard InChI is InChI=1S/C17H36N4/c1-4-7-19-8-5-17(15-18,6-9-19)21-12-10-20(11-13-21)14-16(2)3/h16H,4-15,18H2,1-3H3. The van der Waals surface area contributed by atoms with Gasteiger partial charge in [-0.3, -0.25) is 4.90 Å². The SMILES string of the molecule is CCCN1CCC(CN)(N2CCN(CC(C)C)CC2)CC1. The molecule has 0 aromatic rings. The van der Waals surface area contributed by atoms with Crippen molar-refractivity contribution in [3.63, 3.8) is 0 Å². The zero-order valence-electron chi connectivity index (χ0n) is 14.5. The third-order valence-electron chi connectivity index (χ3n) is 5.37. The van der Waals surface area contributed by atoms with Gasteiger partial charge in [0.25, 0.3) is 0 Å². The minimum atomic E-state index is 0.286. The molecule has 0 amide bonds. The number of hydrogen-bond acceptors (Lipinski definition) is 4. The second kappa shape index (κ2) is 7.91. The van der Waals surface area contributed by atoms with Crippen LogP contribution in [0.2, 0.25) is 0 Å². The Hall–Kier alpha value is -0.160. The monoisotopic (exact) mass is 296 g/mol. The average Bonchev–Trinajstić information content (AvgIpc) is 2.49. The molecule has 0 unspecified atom stereocenters. The van der Waals surface area contributed by atoms with Crippen molar-refractivity contribution in [2.75, 3.05) is 58.9 Å². The Bertz CT molecular complexity index is 289. The maximum atomic E-state index is 6.23. The molecular formula is C17H36N4. The smallest absolute Gasteiger partial charge is 0.0357 e. The van der Waals surface area contributed by atoms with Crippen molar-refractivity contribution >= 4 is 0 Å². The van der Waals surface area contributed by atoms with Gasteiger partial charge >= 0.3 is 0 Å². The van der Waals surface area contributed by atoms with E-state index in [1.165, 1.54) is 71.6 Å². The maximum Gasteiger partial charge on any atom is 0.0357 e. The number of piperazine rings is 1. The number of rotatable bonds is 6.